The summed E-state index contributed by atoms with van der Waals surface area (Å²) in [5.41, 5.74) is 2.53. The first-order valence-corrected chi connectivity index (χ1v) is 14.3. The van der Waals surface area contributed by atoms with E-state index in [1.165, 1.54) is 28.0 Å². The van der Waals surface area contributed by atoms with Crippen molar-refractivity contribution in [3.63, 3.8) is 0 Å². The van der Waals surface area contributed by atoms with E-state index in [4.69, 9.17) is 18.9 Å². The van der Waals surface area contributed by atoms with Crippen molar-refractivity contribution in [2.24, 2.45) is 4.99 Å². The number of aromatic nitrogens is 1. The topological polar surface area (TPSA) is 126 Å². The van der Waals surface area contributed by atoms with Gasteiger partial charge in [0, 0.05) is 29.3 Å². The van der Waals surface area contributed by atoms with Crippen molar-refractivity contribution in [1.29, 1.82) is 0 Å². The number of thiazole rings is 1. The Morgan fingerprint density at radius 1 is 1.19 bits per heavy atom. The molecule has 10 nitrogen and oxygen atoms in total. The average molecular weight is 588 g/mol. The van der Waals surface area contributed by atoms with Crippen LogP contribution in [0.2, 0.25) is 0 Å². The van der Waals surface area contributed by atoms with E-state index in [0.29, 0.717) is 55.4 Å². The van der Waals surface area contributed by atoms with E-state index >= 15 is 0 Å². The number of allylic oxidation sites excluding steroid dienone is 1. The predicted molar refractivity (Wildman–Crippen MR) is 158 cm³/mol. The fourth-order valence-electron chi connectivity index (χ4n) is 5.00. The third kappa shape index (κ3) is 5.30. The molecule has 1 unspecified atom stereocenters. The van der Waals surface area contributed by atoms with Crippen molar-refractivity contribution >= 4 is 29.1 Å². The minimum atomic E-state index is -0.806. The lowest BCUT2D eigenvalue weighted by Gasteiger charge is -2.26. The molecule has 0 aliphatic carbocycles. The quantitative estimate of drug-likeness (QED) is 0.152. The Bertz CT molecular complexity index is 1900. The molecule has 0 amide bonds. The van der Waals surface area contributed by atoms with E-state index in [9.17, 15) is 19.7 Å². The molecule has 0 fully saturated rings. The van der Waals surface area contributed by atoms with E-state index in [2.05, 4.69) is 0 Å². The van der Waals surface area contributed by atoms with E-state index in [-0.39, 0.29) is 17.9 Å². The van der Waals surface area contributed by atoms with Gasteiger partial charge >= 0.3 is 5.97 Å². The van der Waals surface area contributed by atoms with Crippen LogP contribution < -0.4 is 19.6 Å². The molecule has 2 aromatic heterocycles. The van der Waals surface area contributed by atoms with Crippen LogP contribution in [0.1, 0.15) is 49.6 Å². The van der Waals surface area contributed by atoms with Crippen LogP contribution in [0.4, 0.5) is 5.69 Å². The van der Waals surface area contributed by atoms with Gasteiger partial charge < -0.3 is 13.9 Å². The lowest BCUT2D eigenvalue weighted by molar-refractivity contribution is -0.384. The Morgan fingerprint density at radius 2 is 1.98 bits per heavy atom. The number of nitro groups is 1. The van der Waals surface area contributed by atoms with Gasteiger partial charge in [0.05, 0.1) is 34.4 Å². The van der Waals surface area contributed by atoms with Crippen LogP contribution in [-0.2, 0) is 9.53 Å². The van der Waals surface area contributed by atoms with E-state index in [0.717, 1.165) is 12.0 Å². The number of methoxy groups -OCH3 is 1. The summed E-state index contributed by atoms with van der Waals surface area (Å²) in [5, 5.41) is 11.3. The Morgan fingerprint density at radius 3 is 2.69 bits per heavy atom. The summed E-state index contributed by atoms with van der Waals surface area (Å²) in [6, 6.07) is 14.5. The van der Waals surface area contributed by atoms with Gasteiger partial charge in [0.25, 0.3) is 11.2 Å². The Hall–Kier alpha value is -4.77. The summed E-state index contributed by atoms with van der Waals surface area (Å²) >= 11 is 1.19. The largest absolute Gasteiger partial charge is 0.496 e. The molecule has 1 aliphatic heterocycles. The number of nitro benzene ring substituents is 1. The van der Waals surface area contributed by atoms with Gasteiger partial charge in [-0.15, -0.1) is 0 Å². The van der Waals surface area contributed by atoms with Gasteiger partial charge in [0.15, 0.2) is 4.80 Å². The highest BCUT2D eigenvalue weighted by molar-refractivity contribution is 7.07. The van der Waals surface area contributed by atoms with Gasteiger partial charge in [-0.25, -0.2) is 9.79 Å². The third-order valence-corrected chi connectivity index (χ3v) is 7.91. The zero-order chi connectivity index (χ0) is 30.0. The van der Waals surface area contributed by atoms with Gasteiger partial charge in [-0.3, -0.25) is 19.5 Å². The number of rotatable bonds is 9. The Labute approximate surface area is 245 Å². The molecule has 2 aromatic carbocycles. The molecule has 0 spiro atoms. The van der Waals surface area contributed by atoms with Gasteiger partial charge in [-0.2, -0.15) is 0 Å². The number of fused-ring (bicyclic) bond motifs is 1. The first-order chi connectivity index (χ1) is 20.3. The van der Waals surface area contributed by atoms with Gasteiger partial charge in [0.1, 0.15) is 23.3 Å². The minimum Gasteiger partial charge on any atom is -0.496 e. The second kappa shape index (κ2) is 12.0. The van der Waals surface area contributed by atoms with E-state index in [1.54, 1.807) is 44.4 Å². The van der Waals surface area contributed by atoms with Crippen LogP contribution in [0.5, 0.6) is 5.75 Å². The molecule has 42 heavy (non-hydrogen) atoms. The normalized spacial score (nSPS) is 14.9. The zero-order valence-electron chi connectivity index (χ0n) is 23.6. The first kappa shape index (κ1) is 28.7. The van der Waals surface area contributed by atoms with Crippen molar-refractivity contribution in [3.05, 3.63) is 113 Å². The number of hydrogen-bond donors (Lipinski definition) is 0. The molecule has 5 rings (SSSR count). The van der Waals surface area contributed by atoms with Crippen LogP contribution in [0.15, 0.2) is 80.1 Å². The smallest absolute Gasteiger partial charge is 0.338 e. The number of nitrogens with zero attached hydrogens (tertiary/aromatic N) is 3. The third-order valence-electron chi connectivity index (χ3n) is 6.92. The van der Waals surface area contributed by atoms with Crippen LogP contribution in [0.25, 0.3) is 17.4 Å². The van der Waals surface area contributed by atoms with Crippen LogP contribution in [-0.4, -0.2) is 29.2 Å². The maximum Gasteiger partial charge on any atom is 0.338 e. The lowest BCUT2D eigenvalue weighted by atomic mass is 9.93. The molecule has 3 heterocycles. The monoisotopic (exact) mass is 587 g/mol. The number of ether oxygens (including phenoxy) is 2. The maximum absolute atomic E-state index is 14.0. The second-order valence-corrected chi connectivity index (χ2v) is 10.6. The highest BCUT2D eigenvalue weighted by Gasteiger charge is 2.35. The van der Waals surface area contributed by atoms with Gasteiger partial charge in [0.2, 0.25) is 0 Å². The molecule has 0 N–H and O–H groups in total. The number of hydrogen-bond acceptors (Lipinski definition) is 9. The molecule has 0 saturated carbocycles. The molecule has 0 bridgehead atoms. The highest BCUT2D eigenvalue weighted by atomic mass is 32.1. The van der Waals surface area contributed by atoms with Crippen molar-refractivity contribution in [2.75, 3.05) is 13.7 Å². The number of benzene rings is 2. The molecule has 4 aromatic rings. The van der Waals surface area contributed by atoms with Crippen molar-refractivity contribution < 1.29 is 23.6 Å². The molecule has 216 valence electrons. The molecule has 11 heteroatoms. The summed E-state index contributed by atoms with van der Waals surface area (Å²) in [6.07, 6.45) is 2.88. The summed E-state index contributed by atoms with van der Waals surface area (Å²) in [5.74, 6) is 0.836. The summed E-state index contributed by atoms with van der Waals surface area (Å²) < 4.78 is 19.0. The van der Waals surface area contributed by atoms with Crippen molar-refractivity contribution in [1.82, 2.24) is 4.57 Å². The lowest BCUT2D eigenvalue weighted by Crippen LogP contribution is -2.40. The molecule has 1 aliphatic rings. The second-order valence-electron chi connectivity index (χ2n) is 9.61. The minimum absolute atomic E-state index is 0.0431. The fraction of sp³-hybridized carbons (Fsp3) is 0.258. The SMILES string of the molecule is CCCC1=C(C(=O)OCC)C(c2ccccc2OC)n2c(s/c(=C\c3ccc(-c4cc([N+](=O)[O-])ccc4C)o3)c2=O)=N1. The Kier molecular flexibility index (Phi) is 8.21. The number of esters is 1. The van der Waals surface area contributed by atoms with Crippen LogP contribution >= 0.6 is 11.3 Å². The average Bonchev–Trinajstić information content (AvgIpc) is 3.56. The van der Waals surface area contributed by atoms with Gasteiger partial charge in [-0.1, -0.05) is 48.9 Å². The summed E-state index contributed by atoms with van der Waals surface area (Å²) in [4.78, 5) is 43.4. The van der Waals surface area contributed by atoms with Gasteiger partial charge in [-0.05, 0) is 44.0 Å². The number of carbonyl (C=O) groups is 1. The van der Waals surface area contributed by atoms with Crippen molar-refractivity contribution in [3.8, 4) is 17.1 Å². The Balaban J connectivity index is 1.68. The number of para-hydroxylation sites is 1. The first-order valence-electron chi connectivity index (χ1n) is 13.5. The fourth-order valence-corrected chi connectivity index (χ4v) is 6.00. The molecule has 0 radical (unpaired) electrons. The molecular formula is C31H29N3O7S. The number of non-ortho nitro benzene ring substituents is 1. The number of aryl methyl sites for hydroxylation is 1. The zero-order valence-corrected chi connectivity index (χ0v) is 24.4. The van der Waals surface area contributed by atoms with Crippen molar-refractivity contribution in [2.45, 2.75) is 39.7 Å². The van der Waals surface area contributed by atoms with E-state index in [1.807, 2.05) is 32.0 Å². The molecule has 1 atom stereocenters. The predicted octanol–water partition coefficient (Wildman–Crippen LogP) is 5.06. The van der Waals surface area contributed by atoms with Crippen LogP contribution in [0.3, 0.4) is 0 Å². The summed E-state index contributed by atoms with van der Waals surface area (Å²) in [7, 11) is 1.54. The van der Waals surface area contributed by atoms with Crippen LogP contribution in [0, 0.1) is 17.0 Å². The summed E-state index contributed by atoms with van der Waals surface area (Å²) in [6.45, 7) is 5.75. The molecule has 0 saturated heterocycles. The van der Waals surface area contributed by atoms with E-state index < -0.39 is 16.9 Å². The molecular weight excluding hydrogens is 558 g/mol. The highest BCUT2D eigenvalue weighted by Crippen LogP contribution is 2.37. The standard InChI is InChI=1S/C31H29N3O7S/c1-5-9-23-27(30(36)40-6-2)28(21-10-7-8-11-24(21)39-4)33-29(35)26(42-31(33)32-23)17-20-14-15-25(41-20)22-16-19(34(37)38)13-12-18(22)3/h7-8,10-17,28H,5-6,9H2,1-4H3/b26-17-. The maximum atomic E-state index is 14.0. The number of carbonyl (C=O) groups excluding carboxylic acids is 1. The number of furan rings is 1.